The first-order chi connectivity index (χ1) is 10.9. The minimum absolute atomic E-state index is 0.102. The Morgan fingerprint density at radius 2 is 1.77 bits per heavy atom. The van der Waals surface area contributed by atoms with Crippen LogP contribution >= 0.6 is 0 Å². The molecule has 1 aliphatic carbocycles. The van der Waals surface area contributed by atoms with Crippen LogP contribution in [0.15, 0.2) is 24.3 Å². The summed E-state index contributed by atoms with van der Waals surface area (Å²) in [4.78, 5) is 0. The average Bonchev–Trinajstić information content (AvgIpc) is 3.18. The lowest BCUT2D eigenvalue weighted by Gasteiger charge is -2.22. The van der Waals surface area contributed by atoms with Gasteiger partial charge in [-0.3, -0.25) is 0 Å². The molecule has 2 aliphatic heterocycles. The predicted molar refractivity (Wildman–Crippen MR) is 84.9 cm³/mol. The highest BCUT2D eigenvalue weighted by Crippen LogP contribution is 2.33. The van der Waals surface area contributed by atoms with E-state index in [0.29, 0.717) is 13.2 Å². The molecule has 0 bridgehead atoms. The monoisotopic (exact) mass is 302 g/mol. The molecule has 0 spiro atoms. The first kappa shape index (κ1) is 14.7. The van der Waals surface area contributed by atoms with Crippen molar-refractivity contribution in [1.82, 2.24) is 0 Å². The molecule has 0 amide bonds. The highest BCUT2D eigenvalue weighted by atomic mass is 16.6. The van der Waals surface area contributed by atoms with Gasteiger partial charge in [-0.25, -0.2) is 0 Å². The molecule has 2 saturated heterocycles. The van der Waals surface area contributed by atoms with E-state index in [1.165, 1.54) is 43.2 Å². The smallest absolute Gasteiger partial charge is 0.112 e. The number of hydrogen-bond acceptors (Lipinski definition) is 3. The zero-order chi connectivity index (χ0) is 14.8. The van der Waals surface area contributed by atoms with Crippen molar-refractivity contribution in [1.29, 1.82) is 0 Å². The SMILES string of the molecule is c1cc(C2CCCCC2)ccc1COC1CO[C@@H]2CCO[C@H]12. The molecule has 2 heterocycles. The molecule has 120 valence electrons. The largest absolute Gasteiger partial charge is 0.373 e. The van der Waals surface area contributed by atoms with Gasteiger partial charge < -0.3 is 14.2 Å². The van der Waals surface area contributed by atoms with Crippen molar-refractivity contribution in [3.05, 3.63) is 35.4 Å². The third kappa shape index (κ3) is 3.08. The van der Waals surface area contributed by atoms with E-state index in [9.17, 15) is 0 Å². The number of hydrogen-bond donors (Lipinski definition) is 0. The van der Waals surface area contributed by atoms with Gasteiger partial charge >= 0.3 is 0 Å². The summed E-state index contributed by atoms with van der Waals surface area (Å²) in [6.07, 6.45) is 8.44. The second kappa shape index (κ2) is 6.69. The van der Waals surface area contributed by atoms with Crippen LogP contribution in [0.2, 0.25) is 0 Å². The summed E-state index contributed by atoms with van der Waals surface area (Å²) < 4.78 is 17.5. The molecule has 1 unspecified atom stereocenters. The van der Waals surface area contributed by atoms with E-state index in [4.69, 9.17) is 14.2 Å². The number of benzene rings is 1. The van der Waals surface area contributed by atoms with Crippen molar-refractivity contribution in [3.63, 3.8) is 0 Å². The first-order valence-corrected chi connectivity index (χ1v) is 8.84. The summed E-state index contributed by atoms with van der Waals surface area (Å²) in [5, 5.41) is 0. The predicted octanol–water partition coefficient (Wildman–Crippen LogP) is 3.81. The van der Waals surface area contributed by atoms with E-state index in [2.05, 4.69) is 24.3 Å². The Labute approximate surface area is 132 Å². The lowest BCUT2D eigenvalue weighted by molar-refractivity contribution is -0.0385. The van der Waals surface area contributed by atoms with Crippen LogP contribution in [0.5, 0.6) is 0 Å². The van der Waals surface area contributed by atoms with E-state index < -0.39 is 0 Å². The summed E-state index contributed by atoms with van der Waals surface area (Å²) >= 11 is 0. The van der Waals surface area contributed by atoms with Crippen LogP contribution in [0.3, 0.4) is 0 Å². The molecule has 0 N–H and O–H groups in total. The topological polar surface area (TPSA) is 27.7 Å². The van der Waals surface area contributed by atoms with Crippen LogP contribution in [0.1, 0.15) is 55.6 Å². The Bertz CT molecular complexity index is 478. The number of rotatable bonds is 4. The minimum Gasteiger partial charge on any atom is -0.373 e. The van der Waals surface area contributed by atoms with E-state index in [0.717, 1.165) is 18.9 Å². The van der Waals surface area contributed by atoms with Crippen LogP contribution in [-0.4, -0.2) is 31.5 Å². The molecule has 3 atom stereocenters. The van der Waals surface area contributed by atoms with Gasteiger partial charge in [-0.2, -0.15) is 0 Å². The summed E-state index contributed by atoms with van der Waals surface area (Å²) in [7, 11) is 0. The molecule has 1 aromatic carbocycles. The van der Waals surface area contributed by atoms with E-state index in [1.54, 1.807) is 0 Å². The second-order valence-corrected chi connectivity index (χ2v) is 6.92. The first-order valence-electron chi connectivity index (χ1n) is 8.84. The fraction of sp³-hybridized carbons (Fsp3) is 0.684. The van der Waals surface area contributed by atoms with Gasteiger partial charge in [0, 0.05) is 6.61 Å². The number of ether oxygens (including phenoxy) is 3. The van der Waals surface area contributed by atoms with E-state index >= 15 is 0 Å². The molecule has 3 fully saturated rings. The average molecular weight is 302 g/mol. The van der Waals surface area contributed by atoms with Gasteiger partial charge in [-0.1, -0.05) is 43.5 Å². The highest BCUT2D eigenvalue weighted by molar-refractivity contribution is 5.25. The van der Waals surface area contributed by atoms with Crippen molar-refractivity contribution in [2.45, 2.75) is 69.4 Å². The molecule has 3 aliphatic rings. The van der Waals surface area contributed by atoms with Gasteiger partial charge in [-0.05, 0) is 36.3 Å². The molecular weight excluding hydrogens is 276 g/mol. The molecule has 4 rings (SSSR count). The van der Waals surface area contributed by atoms with Crippen LogP contribution in [0.4, 0.5) is 0 Å². The summed E-state index contributed by atoms with van der Waals surface area (Å²) in [5.74, 6) is 0.777. The maximum atomic E-state index is 6.04. The Balaban J connectivity index is 1.31. The molecule has 22 heavy (non-hydrogen) atoms. The fourth-order valence-electron chi connectivity index (χ4n) is 4.10. The minimum atomic E-state index is 0.102. The molecule has 1 saturated carbocycles. The van der Waals surface area contributed by atoms with E-state index in [-0.39, 0.29) is 18.3 Å². The quantitative estimate of drug-likeness (QED) is 0.846. The molecule has 0 radical (unpaired) electrons. The molecule has 3 heteroatoms. The Morgan fingerprint density at radius 1 is 0.955 bits per heavy atom. The Morgan fingerprint density at radius 3 is 2.59 bits per heavy atom. The second-order valence-electron chi connectivity index (χ2n) is 6.92. The van der Waals surface area contributed by atoms with Gasteiger partial charge in [0.2, 0.25) is 0 Å². The Kier molecular flexibility index (Phi) is 4.47. The molecular formula is C19H26O3. The number of fused-ring (bicyclic) bond motifs is 1. The van der Waals surface area contributed by atoms with Crippen LogP contribution < -0.4 is 0 Å². The van der Waals surface area contributed by atoms with Crippen molar-refractivity contribution in [2.75, 3.05) is 13.2 Å². The third-order valence-electron chi connectivity index (χ3n) is 5.44. The van der Waals surface area contributed by atoms with Gasteiger partial charge in [-0.15, -0.1) is 0 Å². The van der Waals surface area contributed by atoms with Crippen molar-refractivity contribution < 1.29 is 14.2 Å². The third-order valence-corrected chi connectivity index (χ3v) is 5.44. The van der Waals surface area contributed by atoms with Gasteiger partial charge in [0.15, 0.2) is 0 Å². The highest BCUT2D eigenvalue weighted by Gasteiger charge is 2.42. The molecule has 3 nitrogen and oxygen atoms in total. The maximum Gasteiger partial charge on any atom is 0.112 e. The van der Waals surface area contributed by atoms with Crippen LogP contribution in [0.25, 0.3) is 0 Å². The lowest BCUT2D eigenvalue weighted by Crippen LogP contribution is -2.29. The van der Waals surface area contributed by atoms with Crippen molar-refractivity contribution in [2.24, 2.45) is 0 Å². The lowest BCUT2D eigenvalue weighted by atomic mass is 9.84. The molecule has 1 aromatic rings. The zero-order valence-electron chi connectivity index (χ0n) is 13.2. The maximum absolute atomic E-state index is 6.04. The van der Waals surface area contributed by atoms with Crippen molar-refractivity contribution >= 4 is 0 Å². The fourth-order valence-corrected chi connectivity index (χ4v) is 4.10. The van der Waals surface area contributed by atoms with E-state index in [1.807, 2.05) is 0 Å². The van der Waals surface area contributed by atoms with Crippen LogP contribution in [0, 0.1) is 0 Å². The summed E-state index contributed by atoms with van der Waals surface area (Å²) in [6.45, 7) is 2.15. The Hall–Kier alpha value is -0.900. The normalized spacial score (nSPS) is 32.3. The molecule has 0 aromatic heterocycles. The van der Waals surface area contributed by atoms with Crippen molar-refractivity contribution in [3.8, 4) is 0 Å². The van der Waals surface area contributed by atoms with Gasteiger partial charge in [0.1, 0.15) is 12.2 Å². The van der Waals surface area contributed by atoms with Gasteiger partial charge in [0.05, 0.1) is 19.3 Å². The standard InChI is InChI=1S/C19H26O3/c1-2-4-15(5-3-1)16-8-6-14(7-9-16)12-21-18-13-22-17-10-11-20-19(17)18/h6-9,15,17-19H,1-5,10-13H2/t17-,18?,19+/m1/s1. The zero-order valence-corrected chi connectivity index (χ0v) is 13.2. The van der Waals surface area contributed by atoms with Crippen LogP contribution in [-0.2, 0) is 20.8 Å². The summed E-state index contributed by atoms with van der Waals surface area (Å²) in [5.41, 5.74) is 2.76. The van der Waals surface area contributed by atoms with Gasteiger partial charge in [0.25, 0.3) is 0 Å². The summed E-state index contributed by atoms with van der Waals surface area (Å²) in [6, 6.07) is 9.06.